The van der Waals surface area contributed by atoms with Gasteiger partial charge in [0.05, 0.1) is 0 Å². The van der Waals surface area contributed by atoms with Crippen LogP contribution in [0.1, 0.15) is 66.0 Å². The number of amides is 4. The summed E-state index contributed by atoms with van der Waals surface area (Å²) in [5.41, 5.74) is 4.85. The van der Waals surface area contributed by atoms with Gasteiger partial charge in [0.15, 0.2) is 0 Å². The van der Waals surface area contributed by atoms with Crippen LogP contribution in [0.4, 0.5) is 4.79 Å². The van der Waals surface area contributed by atoms with E-state index in [2.05, 4.69) is 10.6 Å². The predicted octanol–water partition coefficient (Wildman–Crippen LogP) is 1.97. The van der Waals surface area contributed by atoms with E-state index in [1.807, 2.05) is 0 Å². The standard InChI is InChI=1S/C23H36N4O6/c1-7-27(19(20(30)25-14(2)3)15-9-8-10-16(28)13-15)21(31)17(11-12-18(24)29)26-22(32)33-23(4,5)6/h8-10,13-14,17,19,28H,7,11-12H2,1-6H3,(H2,24,29)(H,25,30)(H,26,32). The normalized spacial score (nSPS) is 13.1. The number of hydrogen-bond donors (Lipinski definition) is 4. The molecule has 0 heterocycles. The number of carbonyl (C=O) groups is 4. The van der Waals surface area contributed by atoms with Crippen molar-refractivity contribution in [3.63, 3.8) is 0 Å². The lowest BCUT2D eigenvalue weighted by Crippen LogP contribution is -2.53. The van der Waals surface area contributed by atoms with Crippen LogP contribution in [-0.2, 0) is 19.1 Å². The van der Waals surface area contributed by atoms with Crippen LogP contribution < -0.4 is 16.4 Å². The number of benzene rings is 1. The number of nitrogens with zero attached hydrogens (tertiary/aromatic N) is 1. The number of hydrogen-bond acceptors (Lipinski definition) is 6. The lowest BCUT2D eigenvalue weighted by atomic mass is 10.0. The molecule has 0 saturated carbocycles. The number of likely N-dealkylation sites (N-methyl/N-ethyl adjacent to an activating group) is 1. The summed E-state index contributed by atoms with van der Waals surface area (Å²) in [4.78, 5) is 51.6. The Bertz CT molecular complexity index is 850. The minimum Gasteiger partial charge on any atom is -0.508 e. The SMILES string of the molecule is CCN(C(=O)C(CCC(N)=O)NC(=O)OC(C)(C)C)C(C(=O)NC(C)C)c1cccc(O)c1. The van der Waals surface area contributed by atoms with Crippen LogP contribution in [0.2, 0.25) is 0 Å². The van der Waals surface area contributed by atoms with Crippen molar-refractivity contribution in [3.8, 4) is 5.75 Å². The molecule has 184 valence electrons. The summed E-state index contributed by atoms with van der Waals surface area (Å²) in [5.74, 6) is -1.73. The van der Waals surface area contributed by atoms with Gasteiger partial charge in [-0.3, -0.25) is 14.4 Å². The third-order valence-corrected chi connectivity index (χ3v) is 4.47. The molecule has 5 N–H and O–H groups in total. The van der Waals surface area contributed by atoms with Crippen molar-refractivity contribution >= 4 is 23.8 Å². The number of primary amides is 1. The van der Waals surface area contributed by atoms with Gasteiger partial charge < -0.3 is 31.1 Å². The number of phenols is 1. The lowest BCUT2D eigenvalue weighted by molar-refractivity contribution is -0.142. The van der Waals surface area contributed by atoms with Crippen LogP contribution in [0, 0.1) is 0 Å². The molecular weight excluding hydrogens is 428 g/mol. The fourth-order valence-electron chi connectivity index (χ4n) is 3.19. The first-order valence-corrected chi connectivity index (χ1v) is 10.9. The minimum atomic E-state index is -1.15. The summed E-state index contributed by atoms with van der Waals surface area (Å²) in [5, 5.41) is 15.2. The van der Waals surface area contributed by atoms with E-state index in [0.29, 0.717) is 5.56 Å². The molecule has 0 fully saturated rings. The second-order valence-electron chi connectivity index (χ2n) is 8.99. The van der Waals surface area contributed by atoms with Crippen molar-refractivity contribution in [1.29, 1.82) is 0 Å². The number of carbonyl (C=O) groups excluding carboxylic acids is 4. The van der Waals surface area contributed by atoms with Crippen molar-refractivity contribution < 1.29 is 29.0 Å². The number of ether oxygens (including phenoxy) is 1. The topological polar surface area (TPSA) is 151 Å². The second kappa shape index (κ2) is 12.1. The molecule has 0 aromatic heterocycles. The maximum Gasteiger partial charge on any atom is 0.408 e. The van der Waals surface area contributed by atoms with E-state index in [-0.39, 0.29) is 31.2 Å². The molecule has 1 rings (SSSR count). The van der Waals surface area contributed by atoms with Crippen LogP contribution in [0.3, 0.4) is 0 Å². The molecule has 0 bridgehead atoms. The Morgan fingerprint density at radius 1 is 1.15 bits per heavy atom. The fourth-order valence-corrected chi connectivity index (χ4v) is 3.19. The molecule has 0 aliphatic heterocycles. The Morgan fingerprint density at radius 2 is 1.79 bits per heavy atom. The Hall–Kier alpha value is -3.30. The average Bonchev–Trinajstić information content (AvgIpc) is 2.66. The highest BCUT2D eigenvalue weighted by Gasteiger charge is 2.35. The van der Waals surface area contributed by atoms with Gasteiger partial charge in [-0.1, -0.05) is 12.1 Å². The van der Waals surface area contributed by atoms with Crippen molar-refractivity contribution in [2.24, 2.45) is 5.73 Å². The molecule has 10 nitrogen and oxygen atoms in total. The minimum absolute atomic E-state index is 0.0597. The molecule has 0 radical (unpaired) electrons. The van der Waals surface area contributed by atoms with E-state index in [1.54, 1.807) is 53.7 Å². The largest absolute Gasteiger partial charge is 0.508 e. The predicted molar refractivity (Wildman–Crippen MR) is 123 cm³/mol. The highest BCUT2D eigenvalue weighted by molar-refractivity contribution is 5.92. The maximum absolute atomic E-state index is 13.5. The second-order valence-corrected chi connectivity index (χ2v) is 8.99. The number of nitrogens with one attached hydrogen (secondary N) is 2. The van der Waals surface area contributed by atoms with E-state index >= 15 is 0 Å². The Morgan fingerprint density at radius 3 is 2.27 bits per heavy atom. The molecule has 33 heavy (non-hydrogen) atoms. The molecule has 4 amide bonds. The summed E-state index contributed by atoms with van der Waals surface area (Å²) in [6.45, 7) is 10.4. The number of phenolic OH excluding ortho intramolecular Hbond substituents is 1. The van der Waals surface area contributed by atoms with Crippen molar-refractivity contribution in [2.45, 2.75) is 78.1 Å². The zero-order chi connectivity index (χ0) is 25.3. The summed E-state index contributed by atoms with van der Waals surface area (Å²) < 4.78 is 5.25. The van der Waals surface area contributed by atoms with Gasteiger partial charge in [0.1, 0.15) is 23.4 Å². The quantitative estimate of drug-likeness (QED) is 0.415. The van der Waals surface area contributed by atoms with E-state index in [4.69, 9.17) is 10.5 Å². The Balaban J connectivity index is 3.34. The lowest BCUT2D eigenvalue weighted by Gasteiger charge is -2.34. The van der Waals surface area contributed by atoms with E-state index in [1.165, 1.54) is 17.0 Å². The average molecular weight is 465 g/mol. The first-order valence-electron chi connectivity index (χ1n) is 10.9. The van der Waals surface area contributed by atoms with Gasteiger partial charge in [-0.05, 0) is 65.7 Å². The summed E-state index contributed by atoms with van der Waals surface area (Å²) >= 11 is 0. The van der Waals surface area contributed by atoms with Crippen molar-refractivity contribution in [3.05, 3.63) is 29.8 Å². The van der Waals surface area contributed by atoms with E-state index in [9.17, 15) is 24.3 Å². The third-order valence-electron chi connectivity index (χ3n) is 4.47. The molecule has 0 aliphatic carbocycles. The third kappa shape index (κ3) is 9.38. The molecule has 1 aromatic rings. The number of rotatable bonds is 10. The Labute approximate surface area is 194 Å². The monoisotopic (exact) mass is 464 g/mol. The van der Waals surface area contributed by atoms with E-state index < -0.39 is 41.5 Å². The summed E-state index contributed by atoms with van der Waals surface area (Å²) in [6.07, 6.45) is -1.05. The van der Waals surface area contributed by atoms with Gasteiger partial charge in [0.25, 0.3) is 0 Å². The molecule has 0 spiro atoms. The van der Waals surface area contributed by atoms with Gasteiger partial charge in [-0.15, -0.1) is 0 Å². The molecule has 0 aliphatic rings. The van der Waals surface area contributed by atoms with Crippen LogP contribution in [-0.4, -0.2) is 58.1 Å². The first-order chi connectivity index (χ1) is 15.2. The number of nitrogens with two attached hydrogens (primary N) is 1. The first kappa shape index (κ1) is 27.7. The zero-order valence-electron chi connectivity index (χ0n) is 20.2. The van der Waals surface area contributed by atoms with Gasteiger partial charge >= 0.3 is 6.09 Å². The number of aromatic hydroxyl groups is 1. The number of alkyl carbamates (subject to hydrolysis) is 1. The van der Waals surface area contributed by atoms with Gasteiger partial charge in [0, 0.05) is 19.0 Å². The van der Waals surface area contributed by atoms with Gasteiger partial charge in [0.2, 0.25) is 17.7 Å². The van der Waals surface area contributed by atoms with Crippen LogP contribution in [0.25, 0.3) is 0 Å². The molecule has 10 heteroatoms. The smallest absolute Gasteiger partial charge is 0.408 e. The maximum atomic E-state index is 13.5. The van der Waals surface area contributed by atoms with E-state index in [0.717, 1.165) is 0 Å². The highest BCUT2D eigenvalue weighted by Crippen LogP contribution is 2.26. The van der Waals surface area contributed by atoms with Crippen molar-refractivity contribution in [2.75, 3.05) is 6.54 Å². The van der Waals surface area contributed by atoms with Crippen molar-refractivity contribution in [1.82, 2.24) is 15.5 Å². The molecule has 0 saturated heterocycles. The molecule has 2 unspecified atom stereocenters. The molecule has 2 atom stereocenters. The van der Waals surface area contributed by atoms with Crippen LogP contribution >= 0.6 is 0 Å². The molecule has 1 aromatic carbocycles. The molecular formula is C23H36N4O6. The van der Waals surface area contributed by atoms with Gasteiger partial charge in [-0.25, -0.2) is 4.79 Å². The fraction of sp³-hybridized carbons (Fsp3) is 0.565. The summed E-state index contributed by atoms with van der Waals surface area (Å²) in [6, 6.07) is 3.63. The highest BCUT2D eigenvalue weighted by atomic mass is 16.6. The van der Waals surface area contributed by atoms with Crippen LogP contribution in [0.5, 0.6) is 5.75 Å². The summed E-state index contributed by atoms with van der Waals surface area (Å²) in [7, 11) is 0. The Kier molecular flexibility index (Phi) is 10.2. The van der Waals surface area contributed by atoms with Gasteiger partial charge in [-0.2, -0.15) is 0 Å². The zero-order valence-corrected chi connectivity index (χ0v) is 20.2. The van der Waals surface area contributed by atoms with Crippen LogP contribution in [0.15, 0.2) is 24.3 Å².